The summed E-state index contributed by atoms with van der Waals surface area (Å²) in [6.45, 7) is 3.85. The number of benzene rings is 2. The Morgan fingerprint density at radius 2 is 1.75 bits per heavy atom. The van der Waals surface area contributed by atoms with Crippen molar-refractivity contribution in [3.8, 4) is 5.69 Å². The van der Waals surface area contributed by atoms with Crippen molar-refractivity contribution in [3.63, 3.8) is 0 Å². The summed E-state index contributed by atoms with van der Waals surface area (Å²) in [5, 5.41) is 5.65. The van der Waals surface area contributed by atoms with Gasteiger partial charge in [0.15, 0.2) is 0 Å². The first-order valence-electron chi connectivity index (χ1n) is 10.6. The Hall–Kier alpha value is -3.26. The number of unbranched alkanes of at least 4 members (excludes halogenated alkanes) is 1. The molecule has 0 aliphatic carbocycles. The average Bonchev–Trinajstić information content (AvgIpc) is 3.00. The first kappa shape index (κ1) is 23.4. The largest absolute Gasteiger partial charge is 0.326 e. The Kier molecular flexibility index (Phi) is 7.94. The molecule has 3 rings (SSSR count). The van der Waals surface area contributed by atoms with Crippen molar-refractivity contribution in [2.75, 3.05) is 16.4 Å². The van der Waals surface area contributed by atoms with E-state index < -0.39 is 0 Å². The van der Waals surface area contributed by atoms with Crippen LogP contribution in [0.3, 0.4) is 0 Å². The van der Waals surface area contributed by atoms with Crippen molar-refractivity contribution in [1.29, 1.82) is 0 Å². The summed E-state index contributed by atoms with van der Waals surface area (Å²) in [6, 6.07) is 16.7. The summed E-state index contributed by atoms with van der Waals surface area (Å²) in [7, 11) is 1.79. The number of carbonyl (C=O) groups is 2. The van der Waals surface area contributed by atoms with E-state index in [9.17, 15) is 14.4 Å². The molecular weight excluding hydrogens is 424 g/mol. The summed E-state index contributed by atoms with van der Waals surface area (Å²) in [4.78, 5) is 38.3. The van der Waals surface area contributed by atoms with Gasteiger partial charge in [-0.15, -0.1) is 11.8 Å². The van der Waals surface area contributed by atoms with E-state index in [-0.39, 0.29) is 28.8 Å². The predicted octanol–water partition coefficient (Wildman–Crippen LogP) is 4.34. The number of anilines is 2. The van der Waals surface area contributed by atoms with Crippen molar-refractivity contribution in [2.24, 2.45) is 7.05 Å². The molecule has 0 saturated carbocycles. The van der Waals surface area contributed by atoms with Gasteiger partial charge < -0.3 is 10.6 Å². The molecule has 3 aromatic rings. The van der Waals surface area contributed by atoms with Gasteiger partial charge in [0.1, 0.15) is 5.69 Å². The lowest BCUT2D eigenvalue weighted by atomic mass is 10.2. The van der Waals surface area contributed by atoms with E-state index in [0.29, 0.717) is 17.8 Å². The number of carbonyl (C=O) groups excluding carboxylic acids is 2. The fourth-order valence-corrected chi connectivity index (χ4v) is 4.02. The Balaban J connectivity index is 1.64. The molecule has 0 radical (unpaired) electrons. The van der Waals surface area contributed by atoms with Crippen LogP contribution in [0.25, 0.3) is 5.69 Å². The zero-order valence-corrected chi connectivity index (χ0v) is 19.4. The molecule has 168 valence electrons. The molecule has 0 atom stereocenters. The Bertz CT molecular complexity index is 1150. The number of thioether (sulfide) groups is 1. The number of rotatable bonds is 9. The highest BCUT2D eigenvalue weighted by Crippen LogP contribution is 2.22. The quantitative estimate of drug-likeness (QED) is 0.473. The lowest BCUT2D eigenvalue weighted by molar-refractivity contribution is -0.116. The predicted molar refractivity (Wildman–Crippen MR) is 130 cm³/mol. The molecule has 0 bridgehead atoms. The molecule has 2 amide bonds. The first-order valence-corrected chi connectivity index (χ1v) is 11.6. The molecule has 2 N–H and O–H groups in total. The van der Waals surface area contributed by atoms with E-state index in [4.69, 9.17) is 0 Å². The van der Waals surface area contributed by atoms with Gasteiger partial charge in [-0.1, -0.05) is 37.6 Å². The van der Waals surface area contributed by atoms with Crippen molar-refractivity contribution >= 4 is 35.0 Å². The van der Waals surface area contributed by atoms with Gasteiger partial charge in [0.25, 0.3) is 5.56 Å². The highest BCUT2D eigenvalue weighted by Gasteiger charge is 2.18. The number of amides is 2. The Morgan fingerprint density at radius 1 is 1.00 bits per heavy atom. The summed E-state index contributed by atoms with van der Waals surface area (Å²) in [5.74, 6) is -0.133. The standard InChI is InChI=1S/C24H28N4O3S/c1-4-5-14-21(29)25-18-10-9-13-20(15-18)32-16-22(30)26-23-17(2)27(3)28(24(23)31)19-11-7-6-8-12-19/h6-13,15H,4-5,14,16H2,1-3H3,(H,25,29)(H,26,30). The minimum atomic E-state index is -0.272. The zero-order chi connectivity index (χ0) is 23.1. The maximum absolute atomic E-state index is 12.9. The second-order valence-electron chi connectivity index (χ2n) is 7.45. The monoisotopic (exact) mass is 452 g/mol. The molecule has 32 heavy (non-hydrogen) atoms. The fraction of sp³-hybridized carbons (Fsp3) is 0.292. The number of para-hydroxylation sites is 1. The van der Waals surface area contributed by atoms with Gasteiger partial charge in [-0.25, -0.2) is 4.68 Å². The number of aromatic nitrogens is 2. The van der Waals surface area contributed by atoms with Crippen LogP contribution in [0, 0.1) is 6.92 Å². The molecule has 2 aromatic carbocycles. The maximum atomic E-state index is 12.9. The number of nitrogens with zero attached hydrogens (tertiary/aromatic N) is 2. The smallest absolute Gasteiger partial charge is 0.295 e. The summed E-state index contributed by atoms with van der Waals surface area (Å²) >= 11 is 1.35. The SMILES string of the molecule is CCCCC(=O)Nc1cccc(SCC(=O)Nc2c(C)n(C)n(-c3ccccc3)c2=O)c1. The Labute approximate surface area is 191 Å². The molecule has 0 saturated heterocycles. The molecule has 1 heterocycles. The highest BCUT2D eigenvalue weighted by atomic mass is 32.2. The van der Waals surface area contributed by atoms with Crippen molar-refractivity contribution in [3.05, 3.63) is 70.6 Å². The Morgan fingerprint density at radius 3 is 2.47 bits per heavy atom. The van der Waals surface area contributed by atoms with Crippen molar-refractivity contribution in [1.82, 2.24) is 9.36 Å². The second kappa shape index (κ2) is 10.9. The minimum Gasteiger partial charge on any atom is -0.326 e. The van der Waals surface area contributed by atoms with Gasteiger partial charge in [-0.2, -0.15) is 0 Å². The lowest BCUT2D eigenvalue weighted by Gasteiger charge is -2.08. The van der Waals surface area contributed by atoms with Gasteiger partial charge in [0, 0.05) is 24.1 Å². The van der Waals surface area contributed by atoms with Crippen LogP contribution in [0.1, 0.15) is 31.9 Å². The van der Waals surface area contributed by atoms with E-state index in [2.05, 4.69) is 10.6 Å². The van der Waals surface area contributed by atoms with Crippen LogP contribution in [-0.2, 0) is 16.6 Å². The van der Waals surface area contributed by atoms with Crippen molar-refractivity contribution < 1.29 is 9.59 Å². The van der Waals surface area contributed by atoms with Gasteiger partial charge in [0.2, 0.25) is 11.8 Å². The third kappa shape index (κ3) is 5.70. The number of hydrogen-bond donors (Lipinski definition) is 2. The fourth-order valence-electron chi connectivity index (χ4n) is 3.26. The molecule has 0 unspecified atom stereocenters. The van der Waals surface area contributed by atoms with Crippen LogP contribution in [-0.4, -0.2) is 26.9 Å². The topological polar surface area (TPSA) is 85.1 Å². The van der Waals surface area contributed by atoms with Gasteiger partial charge in [0.05, 0.1) is 17.1 Å². The highest BCUT2D eigenvalue weighted by molar-refractivity contribution is 8.00. The molecule has 1 aromatic heterocycles. The maximum Gasteiger partial charge on any atom is 0.295 e. The lowest BCUT2D eigenvalue weighted by Crippen LogP contribution is -2.23. The minimum absolute atomic E-state index is 0.0130. The zero-order valence-electron chi connectivity index (χ0n) is 18.6. The first-order chi connectivity index (χ1) is 15.4. The van der Waals surface area contributed by atoms with Crippen LogP contribution in [0.5, 0.6) is 0 Å². The molecule has 8 heteroatoms. The van der Waals surface area contributed by atoms with Crippen LogP contribution in [0.15, 0.2) is 64.3 Å². The van der Waals surface area contributed by atoms with E-state index in [0.717, 1.165) is 23.4 Å². The molecule has 7 nitrogen and oxygen atoms in total. The van der Waals surface area contributed by atoms with Gasteiger partial charge in [-0.3, -0.25) is 19.1 Å². The third-order valence-electron chi connectivity index (χ3n) is 5.06. The third-order valence-corrected chi connectivity index (χ3v) is 6.06. The molecular formula is C24H28N4O3S. The van der Waals surface area contributed by atoms with Gasteiger partial charge in [-0.05, 0) is 43.7 Å². The van der Waals surface area contributed by atoms with Crippen molar-refractivity contribution in [2.45, 2.75) is 38.0 Å². The summed E-state index contributed by atoms with van der Waals surface area (Å²) < 4.78 is 3.26. The summed E-state index contributed by atoms with van der Waals surface area (Å²) in [5.41, 5.74) is 2.12. The van der Waals surface area contributed by atoms with Crippen LogP contribution in [0.4, 0.5) is 11.4 Å². The van der Waals surface area contributed by atoms with Gasteiger partial charge >= 0.3 is 0 Å². The number of hydrogen-bond acceptors (Lipinski definition) is 4. The second-order valence-corrected chi connectivity index (χ2v) is 8.50. The molecule has 0 aliphatic heterocycles. The van der Waals surface area contributed by atoms with Crippen LogP contribution < -0.4 is 16.2 Å². The van der Waals surface area contributed by atoms with E-state index >= 15 is 0 Å². The van der Waals surface area contributed by atoms with Crippen LogP contribution >= 0.6 is 11.8 Å². The van der Waals surface area contributed by atoms with E-state index in [1.807, 2.05) is 61.5 Å². The normalized spacial score (nSPS) is 10.7. The van der Waals surface area contributed by atoms with E-state index in [1.54, 1.807) is 18.7 Å². The van der Waals surface area contributed by atoms with E-state index in [1.165, 1.54) is 16.4 Å². The molecule has 0 fully saturated rings. The average molecular weight is 453 g/mol. The summed E-state index contributed by atoms with van der Waals surface area (Å²) in [6.07, 6.45) is 2.31. The van der Waals surface area contributed by atoms with Crippen LogP contribution in [0.2, 0.25) is 0 Å². The number of nitrogens with one attached hydrogen (secondary N) is 2. The molecule has 0 spiro atoms. The molecule has 0 aliphatic rings.